The number of thiophene rings is 1. The number of allylic oxidation sites excluding steroid dienone is 2. The number of amides is 2. The number of ether oxygens (including phenoxy) is 1. The Morgan fingerprint density at radius 1 is 1.05 bits per heavy atom. The Morgan fingerprint density at radius 3 is 2.62 bits per heavy atom. The number of rotatable bonds is 9. The summed E-state index contributed by atoms with van der Waals surface area (Å²) in [5.41, 5.74) is 5.11. The van der Waals surface area contributed by atoms with E-state index in [0.717, 1.165) is 53.3 Å². The van der Waals surface area contributed by atoms with Crippen molar-refractivity contribution >= 4 is 40.0 Å². The molecule has 208 valence electrons. The number of nitrogens with zero attached hydrogens (tertiary/aromatic N) is 1. The monoisotopic (exact) mass is 555 g/mol. The van der Waals surface area contributed by atoms with Gasteiger partial charge in [-0.05, 0) is 66.1 Å². The molecule has 2 aliphatic heterocycles. The van der Waals surface area contributed by atoms with Gasteiger partial charge in [-0.15, -0.1) is 11.3 Å². The van der Waals surface area contributed by atoms with Crippen LogP contribution in [0.2, 0.25) is 0 Å². The molecule has 0 unspecified atom stereocenters. The van der Waals surface area contributed by atoms with Gasteiger partial charge in [-0.3, -0.25) is 14.5 Å². The Morgan fingerprint density at radius 2 is 1.88 bits per heavy atom. The molecule has 6 heteroatoms. The number of hydrogen-bond donors (Lipinski definition) is 1. The lowest BCUT2D eigenvalue weighted by molar-refractivity contribution is -0.140. The fourth-order valence-electron chi connectivity index (χ4n) is 7.11. The Hall–Kier alpha value is -3.22. The van der Waals surface area contributed by atoms with Gasteiger partial charge >= 0.3 is 0 Å². The third-order valence-corrected chi connectivity index (χ3v) is 9.88. The molecule has 2 aromatic carbocycles. The number of carbonyl (C=O) groups excluding carboxylic acids is 2. The molecule has 6 rings (SSSR count). The Balaban J connectivity index is 1.23. The fraction of sp³-hybridized carbons (Fsp3) is 0.412. The molecule has 0 spiro atoms. The largest absolute Gasteiger partial charge is 0.507 e. The Kier molecular flexibility index (Phi) is 7.65. The molecule has 3 aliphatic rings. The average Bonchev–Trinajstić information content (AvgIpc) is 3.69. The molecular weight excluding hydrogens is 518 g/mol. The summed E-state index contributed by atoms with van der Waals surface area (Å²) in [5.74, 6) is -0.256. The van der Waals surface area contributed by atoms with Crippen LogP contribution in [-0.4, -0.2) is 34.5 Å². The Labute approximate surface area is 240 Å². The fourth-order valence-corrected chi connectivity index (χ4v) is 7.80. The van der Waals surface area contributed by atoms with Crippen molar-refractivity contribution < 1.29 is 19.4 Å². The minimum atomic E-state index is -0.294. The van der Waals surface area contributed by atoms with E-state index >= 15 is 0 Å². The maximum absolute atomic E-state index is 13.6. The van der Waals surface area contributed by atoms with Crippen LogP contribution in [0, 0.1) is 17.8 Å². The third-order valence-electron chi connectivity index (χ3n) is 9.02. The molecule has 0 bridgehead atoms. The molecule has 40 heavy (non-hydrogen) atoms. The smallest absolute Gasteiger partial charge is 0.234 e. The van der Waals surface area contributed by atoms with Gasteiger partial charge in [-0.2, -0.15) is 0 Å². The minimum absolute atomic E-state index is 0.00294. The number of hydrogen-bond acceptors (Lipinski definition) is 5. The van der Waals surface area contributed by atoms with E-state index < -0.39 is 0 Å². The van der Waals surface area contributed by atoms with Gasteiger partial charge in [-0.1, -0.05) is 73.9 Å². The van der Waals surface area contributed by atoms with E-state index in [2.05, 4.69) is 26.0 Å². The molecule has 2 amide bonds. The van der Waals surface area contributed by atoms with Crippen molar-refractivity contribution in [3.8, 4) is 5.75 Å². The first-order valence-electron chi connectivity index (χ1n) is 14.6. The van der Waals surface area contributed by atoms with Crippen LogP contribution in [0.5, 0.6) is 5.75 Å². The number of aromatic hydroxyl groups is 1. The Bertz CT molecular complexity index is 1490. The van der Waals surface area contributed by atoms with E-state index in [1.54, 1.807) is 17.4 Å². The number of likely N-dealkylation sites (tertiary alicyclic amines) is 1. The molecule has 0 saturated carbocycles. The van der Waals surface area contributed by atoms with E-state index in [4.69, 9.17) is 4.74 Å². The van der Waals surface area contributed by atoms with Gasteiger partial charge in [0.2, 0.25) is 11.8 Å². The highest BCUT2D eigenvalue weighted by molar-refractivity contribution is 7.09. The molecule has 1 aliphatic carbocycles. The number of phenols is 1. The second-order valence-corrected chi connectivity index (χ2v) is 12.4. The van der Waals surface area contributed by atoms with Gasteiger partial charge in [0, 0.05) is 16.2 Å². The van der Waals surface area contributed by atoms with Crippen molar-refractivity contribution in [1.82, 2.24) is 4.90 Å². The summed E-state index contributed by atoms with van der Waals surface area (Å²) in [6.07, 6.45) is 7.61. The maximum Gasteiger partial charge on any atom is 0.234 e. The zero-order valence-electron chi connectivity index (χ0n) is 23.3. The number of imide groups is 1. The van der Waals surface area contributed by atoms with E-state index in [0.29, 0.717) is 25.3 Å². The topological polar surface area (TPSA) is 66.8 Å². The normalized spacial score (nSPS) is 24.8. The summed E-state index contributed by atoms with van der Waals surface area (Å²) in [6, 6.07) is 15.7. The van der Waals surface area contributed by atoms with Crippen molar-refractivity contribution in [2.75, 3.05) is 6.61 Å². The van der Waals surface area contributed by atoms with E-state index in [1.807, 2.05) is 41.8 Å². The maximum atomic E-state index is 13.6. The average molecular weight is 556 g/mol. The quantitative estimate of drug-likeness (QED) is 0.219. The summed E-state index contributed by atoms with van der Waals surface area (Å²) in [4.78, 5) is 29.7. The zero-order valence-corrected chi connectivity index (χ0v) is 24.1. The van der Waals surface area contributed by atoms with Gasteiger partial charge in [0.05, 0.1) is 31.1 Å². The number of fused-ring (bicyclic) bond motifs is 4. The molecular formula is C34H37NO4S. The van der Waals surface area contributed by atoms with Crippen molar-refractivity contribution in [3.05, 3.63) is 81.1 Å². The minimum Gasteiger partial charge on any atom is -0.507 e. The summed E-state index contributed by atoms with van der Waals surface area (Å²) in [7, 11) is 0. The van der Waals surface area contributed by atoms with Gasteiger partial charge in [0.25, 0.3) is 0 Å². The molecule has 2 saturated heterocycles. The molecule has 3 heterocycles. The summed E-state index contributed by atoms with van der Waals surface area (Å²) in [5, 5.41) is 14.2. The van der Waals surface area contributed by atoms with Crippen LogP contribution in [0.3, 0.4) is 0 Å². The lowest BCUT2D eigenvalue weighted by Gasteiger charge is -2.32. The first kappa shape index (κ1) is 27.0. The van der Waals surface area contributed by atoms with Gasteiger partial charge in [-0.25, -0.2) is 0 Å². The van der Waals surface area contributed by atoms with Crippen LogP contribution < -0.4 is 0 Å². The van der Waals surface area contributed by atoms with Gasteiger partial charge in [0.1, 0.15) is 5.75 Å². The molecule has 0 radical (unpaired) electrons. The van der Waals surface area contributed by atoms with E-state index in [9.17, 15) is 14.7 Å². The third kappa shape index (κ3) is 4.82. The number of phenolic OH excluding ortho intramolecular Hbond substituents is 1. The lowest BCUT2D eigenvalue weighted by Crippen LogP contribution is -2.34. The van der Waals surface area contributed by atoms with Crippen molar-refractivity contribution in [2.45, 2.75) is 65.0 Å². The molecule has 3 aromatic rings. The second kappa shape index (κ2) is 11.3. The van der Waals surface area contributed by atoms with Gasteiger partial charge in [0.15, 0.2) is 0 Å². The molecule has 1 N–H and O–H groups in total. The molecule has 4 atom stereocenters. The van der Waals surface area contributed by atoms with E-state index in [1.165, 1.54) is 21.6 Å². The molecule has 1 aromatic heterocycles. The second-order valence-electron chi connectivity index (χ2n) is 11.3. The van der Waals surface area contributed by atoms with Crippen LogP contribution in [0.4, 0.5) is 0 Å². The first-order valence-corrected chi connectivity index (χ1v) is 15.5. The van der Waals surface area contributed by atoms with Crippen LogP contribution in [-0.2, 0) is 20.9 Å². The lowest BCUT2D eigenvalue weighted by atomic mass is 9.68. The van der Waals surface area contributed by atoms with Crippen LogP contribution in [0.15, 0.2) is 70.6 Å². The van der Waals surface area contributed by atoms with Gasteiger partial charge < -0.3 is 9.84 Å². The first-order chi connectivity index (χ1) is 19.5. The van der Waals surface area contributed by atoms with Crippen LogP contribution in [0.25, 0.3) is 16.8 Å². The van der Waals surface area contributed by atoms with Crippen LogP contribution >= 0.6 is 11.3 Å². The van der Waals surface area contributed by atoms with Crippen molar-refractivity contribution in [3.63, 3.8) is 0 Å². The SMILES string of the molecule is CCCC1=C2[C@@H](CC/C(=C/c3ccc(O)c4ccccc34)CC)OC[C@@H]2[C@@H]2C(=O)N(Cc3cccs3)C(=O)[C@@H]2C1. The molecule has 2 fully saturated rings. The highest BCUT2D eigenvalue weighted by Gasteiger charge is 2.56. The number of carbonyl (C=O) groups is 2. The predicted molar refractivity (Wildman–Crippen MR) is 160 cm³/mol. The summed E-state index contributed by atoms with van der Waals surface area (Å²) >= 11 is 1.59. The highest BCUT2D eigenvalue weighted by Crippen LogP contribution is 2.51. The summed E-state index contributed by atoms with van der Waals surface area (Å²) in [6.45, 7) is 5.28. The van der Waals surface area contributed by atoms with Crippen molar-refractivity contribution in [2.24, 2.45) is 17.8 Å². The molecule has 5 nitrogen and oxygen atoms in total. The van der Waals surface area contributed by atoms with Crippen molar-refractivity contribution in [1.29, 1.82) is 0 Å². The highest BCUT2D eigenvalue weighted by atomic mass is 32.1. The number of benzene rings is 2. The van der Waals surface area contributed by atoms with Crippen LogP contribution in [0.1, 0.15) is 62.8 Å². The summed E-state index contributed by atoms with van der Waals surface area (Å²) < 4.78 is 6.44. The standard InChI is InChI=1S/C34H37NO4S/c1-3-8-23-18-27-32(34(38)35(33(27)37)19-24-9-7-16-40-24)28-20-39-30(31(23)28)15-12-21(4-2)17-22-13-14-29(36)26-11-6-5-10-25(22)26/h5-7,9-11,13-14,16-17,27-28,30,32,36H,3-4,8,12,15,18-20H2,1-2H3/b21-17+/t27-,28+,30-,32-/m1/s1. The zero-order chi connectivity index (χ0) is 27.8. The van der Waals surface area contributed by atoms with E-state index in [-0.39, 0.29) is 35.7 Å². The predicted octanol–water partition coefficient (Wildman–Crippen LogP) is 7.50.